The van der Waals surface area contributed by atoms with Gasteiger partial charge in [0.25, 0.3) is 0 Å². The highest BCUT2D eigenvalue weighted by atomic mass is 28.4. The van der Waals surface area contributed by atoms with Gasteiger partial charge in [-0.2, -0.15) is 0 Å². The number of hydrogen-bond acceptors (Lipinski definition) is 4. The molecule has 0 saturated carbocycles. The van der Waals surface area contributed by atoms with Crippen LogP contribution in [0.2, 0.25) is 18.1 Å². The van der Waals surface area contributed by atoms with Crippen molar-refractivity contribution in [1.82, 2.24) is 0 Å². The molecule has 226 valence electrons. The maximum Gasteiger partial charge on any atom is 0.305 e. The largest absolute Gasteiger partial charge is 0.463 e. The SMILES string of the molecule is CCCCCCCCCCCCCCCCCC(=O)OC[C@H](COCc1ccccc1)O[Si](C)(C)C(C)(C)C. The summed E-state index contributed by atoms with van der Waals surface area (Å²) in [6.45, 7) is 14.6. The van der Waals surface area contributed by atoms with Crippen LogP contribution in [0.1, 0.15) is 136 Å². The first kappa shape index (κ1) is 35.9. The summed E-state index contributed by atoms with van der Waals surface area (Å²) in [6, 6.07) is 10.2. The van der Waals surface area contributed by atoms with E-state index in [2.05, 4.69) is 52.9 Å². The van der Waals surface area contributed by atoms with E-state index in [0.717, 1.165) is 18.4 Å². The van der Waals surface area contributed by atoms with Gasteiger partial charge in [0.15, 0.2) is 8.32 Å². The Morgan fingerprint density at radius 2 is 1.23 bits per heavy atom. The van der Waals surface area contributed by atoms with Crippen LogP contribution in [0.4, 0.5) is 0 Å². The van der Waals surface area contributed by atoms with Crippen LogP contribution in [0.25, 0.3) is 0 Å². The molecular formula is C34H62O4Si. The van der Waals surface area contributed by atoms with E-state index in [-0.39, 0.29) is 23.7 Å². The summed E-state index contributed by atoms with van der Waals surface area (Å²) in [5.41, 5.74) is 1.13. The second-order valence-corrected chi connectivity index (χ2v) is 17.6. The van der Waals surface area contributed by atoms with Crippen LogP contribution in [-0.4, -0.2) is 33.6 Å². The van der Waals surface area contributed by atoms with Crippen LogP contribution >= 0.6 is 0 Å². The van der Waals surface area contributed by atoms with Crippen molar-refractivity contribution in [1.29, 1.82) is 0 Å². The summed E-state index contributed by atoms with van der Waals surface area (Å²) >= 11 is 0. The van der Waals surface area contributed by atoms with Gasteiger partial charge in [0.1, 0.15) is 12.7 Å². The van der Waals surface area contributed by atoms with Crippen molar-refractivity contribution in [2.75, 3.05) is 13.2 Å². The van der Waals surface area contributed by atoms with Crippen LogP contribution in [0.5, 0.6) is 0 Å². The fourth-order valence-electron chi connectivity index (χ4n) is 4.49. The molecule has 0 aliphatic heterocycles. The van der Waals surface area contributed by atoms with Gasteiger partial charge >= 0.3 is 5.97 Å². The van der Waals surface area contributed by atoms with Crippen LogP contribution < -0.4 is 0 Å². The molecule has 4 nitrogen and oxygen atoms in total. The Balaban J connectivity index is 2.17. The number of unbranched alkanes of at least 4 members (excludes halogenated alkanes) is 14. The van der Waals surface area contributed by atoms with E-state index in [1.807, 2.05) is 18.2 Å². The number of carbonyl (C=O) groups excluding carboxylic acids is 1. The highest BCUT2D eigenvalue weighted by Crippen LogP contribution is 2.37. The van der Waals surface area contributed by atoms with Gasteiger partial charge in [-0.15, -0.1) is 0 Å². The molecule has 1 aromatic rings. The number of esters is 1. The van der Waals surface area contributed by atoms with Crippen molar-refractivity contribution in [3.63, 3.8) is 0 Å². The van der Waals surface area contributed by atoms with Gasteiger partial charge in [0, 0.05) is 6.42 Å². The monoisotopic (exact) mass is 562 g/mol. The van der Waals surface area contributed by atoms with Crippen LogP contribution in [0.15, 0.2) is 30.3 Å². The second kappa shape index (κ2) is 21.6. The fraction of sp³-hybridized carbons (Fsp3) is 0.794. The third kappa shape index (κ3) is 18.7. The summed E-state index contributed by atoms with van der Waals surface area (Å²) in [6.07, 6.45) is 20.1. The molecular weight excluding hydrogens is 500 g/mol. The second-order valence-electron chi connectivity index (χ2n) is 12.9. The molecule has 0 N–H and O–H groups in total. The minimum absolute atomic E-state index is 0.0859. The molecule has 0 fully saturated rings. The standard InChI is InChI=1S/C34H62O4Si/c1-7-8-9-10-11-12-13-14-15-16-17-18-19-20-24-27-33(35)37-30-32(38-39(5,6)34(2,3)4)29-36-28-31-25-22-21-23-26-31/h21-23,25-26,32H,7-20,24,27-30H2,1-6H3/t32-/m0/s1. The molecule has 1 atom stereocenters. The lowest BCUT2D eigenvalue weighted by Crippen LogP contribution is -2.46. The first-order valence-electron chi connectivity index (χ1n) is 16.1. The average Bonchev–Trinajstić information content (AvgIpc) is 2.89. The van der Waals surface area contributed by atoms with E-state index in [4.69, 9.17) is 13.9 Å². The number of carbonyl (C=O) groups is 1. The first-order chi connectivity index (χ1) is 18.7. The van der Waals surface area contributed by atoms with Crippen LogP contribution in [0, 0.1) is 0 Å². The maximum atomic E-state index is 12.4. The maximum absolute atomic E-state index is 12.4. The van der Waals surface area contributed by atoms with E-state index < -0.39 is 8.32 Å². The molecule has 0 spiro atoms. The van der Waals surface area contributed by atoms with Gasteiger partial charge in [-0.25, -0.2) is 0 Å². The molecule has 1 aromatic carbocycles. The summed E-state index contributed by atoms with van der Waals surface area (Å²) in [7, 11) is -2.00. The van der Waals surface area contributed by atoms with Crippen molar-refractivity contribution >= 4 is 14.3 Å². The quantitative estimate of drug-likeness (QED) is 0.0714. The number of rotatable bonds is 24. The molecule has 0 radical (unpaired) electrons. The third-order valence-corrected chi connectivity index (χ3v) is 12.6. The van der Waals surface area contributed by atoms with E-state index in [1.165, 1.54) is 83.5 Å². The lowest BCUT2D eigenvalue weighted by Gasteiger charge is -2.39. The Morgan fingerprint density at radius 3 is 1.72 bits per heavy atom. The lowest BCUT2D eigenvalue weighted by molar-refractivity contribution is -0.147. The Bertz CT molecular complexity index is 714. The molecule has 39 heavy (non-hydrogen) atoms. The van der Waals surface area contributed by atoms with Crippen molar-refractivity contribution in [2.45, 2.75) is 161 Å². The topological polar surface area (TPSA) is 44.8 Å². The highest BCUT2D eigenvalue weighted by Gasteiger charge is 2.39. The minimum Gasteiger partial charge on any atom is -0.463 e. The summed E-state index contributed by atoms with van der Waals surface area (Å²) in [4.78, 5) is 12.4. The van der Waals surface area contributed by atoms with E-state index in [9.17, 15) is 4.79 Å². The molecule has 0 saturated heterocycles. The molecule has 0 aromatic heterocycles. The fourth-order valence-corrected chi connectivity index (χ4v) is 5.81. The minimum atomic E-state index is -2.00. The average molecular weight is 563 g/mol. The molecule has 1 rings (SSSR count). The molecule has 0 aliphatic rings. The third-order valence-electron chi connectivity index (χ3n) is 8.10. The van der Waals surface area contributed by atoms with Gasteiger partial charge in [-0.3, -0.25) is 4.79 Å². The van der Waals surface area contributed by atoms with E-state index in [1.54, 1.807) is 0 Å². The highest BCUT2D eigenvalue weighted by molar-refractivity contribution is 6.74. The summed E-state index contributed by atoms with van der Waals surface area (Å²) in [5.74, 6) is -0.114. The Morgan fingerprint density at radius 1 is 0.744 bits per heavy atom. The zero-order valence-corrected chi connectivity index (χ0v) is 27.5. The zero-order chi connectivity index (χ0) is 28.8. The smallest absolute Gasteiger partial charge is 0.305 e. The van der Waals surface area contributed by atoms with E-state index in [0.29, 0.717) is 19.6 Å². The van der Waals surface area contributed by atoms with Gasteiger partial charge in [0.2, 0.25) is 0 Å². The van der Waals surface area contributed by atoms with Gasteiger partial charge in [-0.1, -0.05) is 148 Å². The summed E-state index contributed by atoms with van der Waals surface area (Å²) in [5, 5.41) is 0.0859. The van der Waals surface area contributed by atoms with Crippen molar-refractivity contribution in [3.8, 4) is 0 Å². The summed E-state index contributed by atoms with van der Waals surface area (Å²) < 4.78 is 18.2. The number of ether oxygens (including phenoxy) is 2. The first-order valence-corrected chi connectivity index (χ1v) is 19.0. The van der Waals surface area contributed by atoms with Crippen LogP contribution in [-0.2, 0) is 25.3 Å². The predicted molar refractivity (Wildman–Crippen MR) is 169 cm³/mol. The van der Waals surface area contributed by atoms with Gasteiger partial charge < -0.3 is 13.9 Å². The Kier molecular flexibility index (Phi) is 19.8. The lowest BCUT2D eigenvalue weighted by atomic mass is 10.0. The zero-order valence-electron chi connectivity index (χ0n) is 26.5. The number of benzene rings is 1. The molecule has 5 heteroatoms. The number of hydrogen-bond donors (Lipinski definition) is 0. The van der Waals surface area contributed by atoms with Crippen molar-refractivity contribution < 1.29 is 18.7 Å². The molecule has 0 unspecified atom stereocenters. The van der Waals surface area contributed by atoms with Gasteiger partial charge in [0.05, 0.1) is 13.2 Å². The molecule has 0 heterocycles. The molecule has 0 aliphatic carbocycles. The molecule has 0 bridgehead atoms. The van der Waals surface area contributed by atoms with Crippen molar-refractivity contribution in [2.24, 2.45) is 0 Å². The van der Waals surface area contributed by atoms with Crippen molar-refractivity contribution in [3.05, 3.63) is 35.9 Å². The van der Waals surface area contributed by atoms with Crippen LogP contribution in [0.3, 0.4) is 0 Å². The Labute approximate surface area is 243 Å². The predicted octanol–water partition coefficient (Wildman–Crippen LogP) is 10.4. The molecule has 0 amide bonds. The Hall–Kier alpha value is -1.17. The normalized spacial score (nSPS) is 13.0. The van der Waals surface area contributed by atoms with Gasteiger partial charge in [-0.05, 0) is 30.1 Å². The van der Waals surface area contributed by atoms with E-state index >= 15 is 0 Å².